The van der Waals surface area contributed by atoms with E-state index in [9.17, 15) is 9.59 Å². The van der Waals surface area contributed by atoms with Gasteiger partial charge in [0.1, 0.15) is 6.04 Å². The van der Waals surface area contributed by atoms with Crippen LogP contribution in [0.3, 0.4) is 0 Å². The zero-order chi connectivity index (χ0) is 10.6. The van der Waals surface area contributed by atoms with Gasteiger partial charge in [0.25, 0.3) is 5.56 Å². The molecule has 0 aliphatic heterocycles. The van der Waals surface area contributed by atoms with Gasteiger partial charge in [-0.25, -0.2) is 4.79 Å². The molecule has 0 unspecified atom stereocenters. The van der Waals surface area contributed by atoms with Gasteiger partial charge in [0.2, 0.25) is 0 Å². The predicted octanol–water partition coefficient (Wildman–Crippen LogP) is 0.972. The van der Waals surface area contributed by atoms with Gasteiger partial charge in [0.05, 0.1) is 6.61 Å². The van der Waals surface area contributed by atoms with E-state index in [1.54, 1.807) is 32.2 Å². The quantitative estimate of drug-likeness (QED) is 0.675. The lowest BCUT2D eigenvalue weighted by Crippen LogP contribution is -2.28. The second-order valence-corrected chi connectivity index (χ2v) is 2.87. The molecule has 0 aliphatic carbocycles. The van der Waals surface area contributed by atoms with Crippen LogP contribution in [-0.2, 0) is 9.53 Å². The smallest absolute Gasteiger partial charge is 0.328 e. The number of pyridine rings is 1. The van der Waals surface area contributed by atoms with Crippen molar-refractivity contribution in [3.05, 3.63) is 34.7 Å². The normalized spacial score (nSPS) is 12.1. The molecule has 0 spiro atoms. The Morgan fingerprint density at radius 2 is 2.29 bits per heavy atom. The van der Waals surface area contributed by atoms with Gasteiger partial charge in [0.15, 0.2) is 0 Å². The maximum absolute atomic E-state index is 11.3. The van der Waals surface area contributed by atoms with E-state index >= 15 is 0 Å². The van der Waals surface area contributed by atoms with Crippen LogP contribution in [0.1, 0.15) is 19.9 Å². The fraction of sp³-hybridized carbons (Fsp3) is 0.400. The van der Waals surface area contributed by atoms with Crippen LogP contribution in [0.5, 0.6) is 0 Å². The van der Waals surface area contributed by atoms with E-state index in [4.69, 9.17) is 4.74 Å². The SMILES string of the molecule is CCOC(=O)[C@@H](C)n1ccccc1=O. The predicted molar refractivity (Wildman–Crippen MR) is 52.0 cm³/mol. The summed E-state index contributed by atoms with van der Waals surface area (Å²) in [6.45, 7) is 3.70. The van der Waals surface area contributed by atoms with E-state index in [1.165, 1.54) is 10.6 Å². The van der Waals surface area contributed by atoms with Crippen LogP contribution in [0.25, 0.3) is 0 Å². The minimum atomic E-state index is -0.566. The number of carbonyl (C=O) groups is 1. The number of aromatic nitrogens is 1. The molecule has 1 aromatic heterocycles. The van der Waals surface area contributed by atoms with Crippen LogP contribution in [0.15, 0.2) is 29.2 Å². The van der Waals surface area contributed by atoms with Crippen molar-refractivity contribution in [3.8, 4) is 0 Å². The largest absolute Gasteiger partial charge is 0.464 e. The Bertz CT molecular complexity index is 370. The Morgan fingerprint density at radius 3 is 2.86 bits per heavy atom. The van der Waals surface area contributed by atoms with Crippen molar-refractivity contribution in [3.63, 3.8) is 0 Å². The second kappa shape index (κ2) is 4.60. The molecular weight excluding hydrogens is 182 g/mol. The van der Waals surface area contributed by atoms with Crippen LogP contribution in [0.4, 0.5) is 0 Å². The highest BCUT2D eigenvalue weighted by Crippen LogP contribution is 2.03. The highest BCUT2D eigenvalue weighted by atomic mass is 16.5. The Hall–Kier alpha value is -1.58. The number of hydrogen-bond acceptors (Lipinski definition) is 3. The van der Waals surface area contributed by atoms with Crippen LogP contribution >= 0.6 is 0 Å². The third kappa shape index (κ3) is 2.22. The topological polar surface area (TPSA) is 48.3 Å². The number of esters is 1. The first kappa shape index (κ1) is 10.5. The van der Waals surface area contributed by atoms with E-state index in [0.29, 0.717) is 6.61 Å². The van der Waals surface area contributed by atoms with Crippen molar-refractivity contribution in [1.29, 1.82) is 0 Å². The summed E-state index contributed by atoms with van der Waals surface area (Å²) in [7, 11) is 0. The van der Waals surface area contributed by atoms with Crippen molar-refractivity contribution in [2.45, 2.75) is 19.9 Å². The number of rotatable bonds is 3. The molecule has 1 atom stereocenters. The molecule has 1 rings (SSSR count). The van der Waals surface area contributed by atoms with E-state index in [2.05, 4.69) is 0 Å². The van der Waals surface area contributed by atoms with Crippen molar-refractivity contribution < 1.29 is 9.53 Å². The molecule has 4 nitrogen and oxygen atoms in total. The van der Waals surface area contributed by atoms with E-state index in [-0.39, 0.29) is 11.5 Å². The first-order valence-electron chi connectivity index (χ1n) is 4.50. The number of ether oxygens (including phenoxy) is 1. The number of nitrogens with zero attached hydrogens (tertiary/aromatic N) is 1. The average Bonchev–Trinajstić information content (AvgIpc) is 2.18. The maximum Gasteiger partial charge on any atom is 0.328 e. The Balaban J connectivity index is 2.89. The van der Waals surface area contributed by atoms with Gasteiger partial charge < -0.3 is 9.30 Å². The summed E-state index contributed by atoms with van der Waals surface area (Å²) in [5.74, 6) is -0.388. The fourth-order valence-corrected chi connectivity index (χ4v) is 1.14. The first-order chi connectivity index (χ1) is 6.66. The fourth-order valence-electron chi connectivity index (χ4n) is 1.14. The Morgan fingerprint density at radius 1 is 1.57 bits per heavy atom. The third-order valence-corrected chi connectivity index (χ3v) is 1.90. The molecule has 1 heterocycles. The highest BCUT2D eigenvalue weighted by molar-refractivity contribution is 5.73. The van der Waals surface area contributed by atoms with Crippen LogP contribution in [-0.4, -0.2) is 17.1 Å². The number of carbonyl (C=O) groups excluding carboxylic acids is 1. The van der Waals surface area contributed by atoms with Crippen molar-refractivity contribution in [2.75, 3.05) is 6.61 Å². The zero-order valence-corrected chi connectivity index (χ0v) is 8.27. The van der Waals surface area contributed by atoms with Crippen LogP contribution in [0.2, 0.25) is 0 Å². The third-order valence-electron chi connectivity index (χ3n) is 1.90. The average molecular weight is 195 g/mol. The monoisotopic (exact) mass is 195 g/mol. The van der Waals surface area contributed by atoms with Gasteiger partial charge in [-0.1, -0.05) is 6.07 Å². The molecule has 4 heteroatoms. The molecule has 0 radical (unpaired) electrons. The lowest BCUT2D eigenvalue weighted by molar-refractivity contribution is -0.146. The van der Waals surface area contributed by atoms with Crippen molar-refractivity contribution in [2.24, 2.45) is 0 Å². The second-order valence-electron chi connectivity index (χ2n) is 2.87. The molecule has 0 N–H and O–H groups in total. The summed E-state index contributed by atoms with van der Waals surface area (Å²) in [6.07, 6.45) is 1.57. The minimum absolute atomic E-state index is 0.201. The molecular formula is C10H13NO3. The Kier molecular flexibility index (Phi) is 3.45. The minimum Gasteiger partial charge on any atom is -0.464 e. The van der Waals surface area contributed by atoms with Crippen molar-refractivity contribution in [1.82, 2.24) is 4.57 Å². The van der Waals surface area contributed by atoms with Gasteiger partial charge in [-0.15, -0.1) is 0 Å². The van der Waals surface area contributed by atoms with Gasteiger partial charge >= 0.3 is 5.97 Å². The molecule has 0 bridgehead atoms. The molecule has 76 valence electrons. The van der Waals surface area contributed by atoms with Gasteiger partial charge in [-0.3, -0.25) is 4.79 Å². The summed E-state index contributed by atoms with van der Waals surface area (Å²) in [6, 6.07) is 4.19. The van der Waals surface area contributed by atoms with Crippen LogP contribution < -0.4 is 5.56 Å². The summed E-state index contributed by atoms with van der Waals surface area (Å²) in [5.41, 5.74) is -0.201. The summed E-state index contributed by atoms with van der Waals surface area (Å²) in [5, 5.41) is 0. The molecule has 0 saturated heterocycles. The van der Waals surface area contributed by atoms with E-state index in [1.807, 2.05) is 0 Å². The molecule has 0 fully saturated rings. The summed E-state index contributed by atoms with van der Waals surface area (Å²) >= 11 is 0. The van der Waals surface area contributed by atoms with Gasteiger partial charge in [0, 0.05) is 12.3 Å². The zero-order valence-electron chi connectivity index (χ0n) is 8.27. The summed E-state index contributed by atoms with van der Waals surface area (Å²) < 4.78 is 6.16. The lowest BCUT2D eigenvalue weighted by Gasteiger charge is -2.12. The highest BCUT2D eigenvalue weighted by Gasteiger charge is 2.15. The van der Waals surface area contributed by atoms with Gasteiger partial charge in [-0.2, -0.15) is 0 Å². The summed E-state index contributed by atoms with van der Waals surface area (Å²) in [4.78, 5) is 22.6. The number of hydrogen-bond donors (Lipinski definition) is 0. The van der Waals surface area contributed by atoms with E-state index < -0.39 is 6.04 Å². The van der Waals surface area contributed by atoms with Gasteiger partial charge in [-0.05, 0) is 19.9 Å². The lowest BCUT2D eigenvalue weighted by atomic mass is 10.3. The Labute approximate surface area is 82.1 Å². The molecule has 1 aromatic rings. The first-order valence-corrected chi connectivity index (χ1v) is 4.50. The van der Waals surface area contributed by atoms with Crippen LogP contribution in [0, 0.1) is 0 Å². The molecule has 14 heavy (non-hydrogen) atoms. The van der Waals surface area contributed by atoms with Crippen molar-refractivity contribution >= 4 is 5.97 Å². The molecule has 0 amide bonds. The van der Waals surface area contributed by atoms with E-state index in [0.717, 1.165) is 0 Å². The molecule has 0 aliphatic rings. The standard InChI is InChI=1S/C10H13NO3/c1-3-14-10(13)8(2)11-7-5-4-6-9(11)12/h4-8H,3H2,1-2H3/t8-/m1/s1. The molecule has 0 saturated carbocycles. The maximum atomic E-state index is 11.3. The molecule has 0 aromatic carbocycles.